The minimum atomic E-state index is -3.74. The zero-order chi connectivity index (χ0) is 24.9. The largest absolute Gasteiger partial charge is 0.497 e. The van der Waals surface area contributed by atoms with E-state index < -0.39 is 10.0 Å². The maximum absolute atomic E-state index is 13.1. The highest BCUT2D eigenvalue weighted by atomic mass is 32.2. The average molecular weight is 486 g/mol. The van der Waals surface area contributed by atoms with Crippen LogP contribution in [0.25, 0.3) is 0 Å². The molecule has 2 aromatic carbocycles. The van der Waals surface area contributed by atoms with E-state index in [0.29, 0.717) is 29.1 Å². The van der Waals surface area contributed by atoms with Gasteiger partial charge < -0.3 is 19.9 Å². The lowest BCUT2D eigenvalue weighted by Crippen LogP contribution is -2.31. The predicted octanol–water partition coefficient (Wildman–Crippen LogP) is 3.31. The molecule has 34 heavy (non-hydrogen) atoms. The first-order chi connectivity index (χ1) is 16.1. The monoisotopic (exact) mass is 485 g/mol. The molecule has 1 amide bonds. The lowest BCUT2D eigenvalue weighted by molar-refractivity contribution is -0.116. The Hall–Kier alpha value is -3.37. The van der Waals surface area contributed by atoms with Gasteiger partial charge >= 0.3 is 0 Å². The number of carbonyl (C=O) groups is 1. The number of nitrogens with zero attached hydrogens (tertiary/aromatic N) is 3. The summed E-state index contributed by atoms with van der Waals surface area (Å²) in [5.41, 5.74) is 3.81. The van der Waals surface area contributed by atoms with Crippen molar-refractivity contribution in [1.29, 1.82) is 0 Å². The first kappa shape index (κ1) is 25.3. The normalized spacial score (nSPS) is 11.5. The third kappa shape index (κ3) is 5.95. The van der Waals surface area contributed by atoms with Gasteiger partial charge in [-0.05, 0) is 61.4 Å². The summed E-state index contributed by atoms with van der Waals surface area (Å²) in [6.45, 7) is 4.16. The molecule has 1 heterocycles. The van der Waals surface area contributed by atoms with Crippen LogP contribution in [0.2, 0.25) is 0 Å². The number of nitrogens with one attached hydrogen (secondary N) is 2. The van der Waals surface area contributed by atoms with Gasteiger partial charge in [0.05, 0.1) is 30.6 Å². The van der Waals surface area contributed by atoms with Gasteiger partial charge in [0.25, 0.3) is 0 Å². The van der Waals surface area contributed by atoms with E-state index in [1.54, 1.807) is 57.7 Å². The minimum Gasteiger partial charge on any atom is -0.497 e. The van der Waals surface area contributed by atoms with Gasteiger partial charge in [0.15, 0.2) is 0 Å². The number of aromatic nitrogens is 2. The Morgan fingerprint density at radius 1 is 1.12 bits per heavy atom. The Morgan fingerprint density at radius 2 is 1.74 bits per heavy atom. The fourth-order valence-corrected chi connectivity index (χ4v) is 5.19. The van der Waals surface area contributed by atoms with Crippen molar-refractivity contribution in [3.8, 4) is 5.75 Å². The van der Waals surface area contributed by atoms with Crippen LogP contribution in [-0.4, -0.2) is 48.9 Å². The molecule has 0 aliphatic heterocycles. The number of anilines is 2. The van der Waals surface area contributed by atoms with E-state index in [9.17, 15) is 13.2 Å². The number of aryl methyl sites for hydroxylation is 3. The SMILES string of the molecule is COc1cc(C)c(S(=O)(=O)N(C)CCC(=O)Nc2ccc(NCc3cncn3C)cc2)c(C)c1. The molecule has 1 aromatic heterocycles. The van der Waals surface area contributed by atoms with Crippen molar-refractivity contribution in [1.82, 2.24) is 13.9 Å². The average Bonchev–Trinajstić information content (AvgIpc) is 3.20. The van der Waals surface area contributed by atoms with E-state index >= 15 is 0 Å². The molecule has 0 spiro atoms. The molecule has 9 nitrogen and oxygen atoms in total. The van der Waals surface area contributed by atoms with Gasteiger partial charge in [-0.25, -0.2) is 17.7 Å². The molecule has 3 rings (SSSR count). The third-order valence-corrected chi connectivity index (χ3v) is 7.71. The number of rotatable bonds is 10. The van der Waals surface area contributed by atoms with Crippen LogP contribution in [0.4, 0.5) is 11.4 Å². The van der Waals surface area contributed by atoms with E-state index in [4.69, 9.17) is 4.74 Å². The second kappa shape index (κ2) is 10.7. The van der Waals surface area contributed by atoms with Gasteiger partial charge in [-0.3, -0.25) is 4.79 Å². The van der Waals surface area contributed by atoms with Crippen molar-refractivity contribution in [2.75, 3.05) is 31.3 Å². The Bertz CT molecular complexity index is 1230. The predicted molar refractivity (Wildman–Crippen MR) is 133 cm³/mol. The van der Waals surface area contributed by atoms with Crippen LogP contribution in [0, 0.1) is 13.8 Å². The highest BCUT2D eigenvalue weighted by Gasteiger charge is 2.25. The van der Waals surface area contributed by atoms with Crippen molar-refractivity contribution >= 4 is 27.3 Å². The summed E-state index contributed by atoms with van der Waals surface area (Å²) in [7, 11) is 1.21. The minimum absolute atomic E-state index is 0.0322. The lowest BCUT2D eigenvalue weighted by atomic mass is 10.1. The standard InChI is InChI=1S/C24H31N5O4S/c1-17-12-22(33-5)13-18(2)24(17)34(31,32)29(4)11-10-23(30)27-20-8-6-19(7-9-20)26-15-21-14-25-16-28(21)3/h6-9,12-14,16,26H,10-11,15H2,1-5H3,(H,27,30). The molecule has 0 bridgehead atoms. The van der Waals surface area contributed by atoms with E-state index in [-0.39, 0.29) is 23.8 Å². The number of carbonyl (C=O) groups excluding carboxylic acids is 1. The Morgan fingerprint density at radius 3 is 2.29 bits per heavy atom. The smallest absolute Gasteiger partial charge is 0.243 e. The number of methoxy groups -OCH3 is 1. The fraction of sp³-hybridized carbons (Fsp3) is 0.333. The van der Waals surface area contributed by atoms with Crippen LogP contribution >= 0.6 is 0 Å². The quantitative estimate of drug-likeness (QED) is 0.456. The zero-order valence-corrected chi connectivity index (χ0v) is 20.9. The molecule has 0 radical (unpaired) electrons. The summed E-state index contributed by atoms with van der Waals surface area (Å²) in [5, 5.41) is 6.12. The first-order valence-corrected chi connectivity index (χ1v) is 12.3. The van der Waals surface area contributed by atoms with Crippen LogP contribution in [-0.2, 0) is 28.4 Å². The van der Waals surface area contributed by atoms with Gasteiger partial charge in [-0.2, -0.15) is 0 Å². The molecule has 0 unspecified atom stereocenters. The Labute approximate surface area is 200 Å². The molecule has 0 aliphatic rings. The molecule has 0 saturated carbocycles. The zero-order valence-electron chi connectivity index (χ0n) is 20.1. The van der Waals surface area contributed by atoms with Crippen LogP contribution in [0.3, 0.4) is 0 Å². The number of ether oxygens (including phenoxy) is 1. The van der Waals surface area contributed by atoms with E-state index in [0.717, 1.165) is 11.4 Å². The van der Waals surface area contributed by atoms with Crippen LogP contribution in [0.15, 0.2) is 53.8 Å². The maximum Gasteiger partial charge on any atom is 0.243 e. The maximum atomic E-state index is 13.1. The lowest BCUT2D eigenvalue weighted by Gasteiger charge is -2.20. The van der Waals surface area contributed by atoms with Gasteiger partial charge in [-0.15, -0.1) is 0 Å². The molecular weight excluding hydrogens is 454 g/mol. The molecule has 0 saturated heterocycles. The first-order valence-electron chi connectivity index (χ1n) is 10.8. The summed E-state index contributed by atoms with van der Waals surface area (Å²) in [4.78, 5) is 16.8. The van der Waals surface area contributed by atoms with E-state index in [1.165, 1.54) is 11.4 Å². The van der Waals surface area contributed by atoms with Gasteiger partial charge in [0.1, 0.15) is 5.75 Å². The molecule has 3 aromatic rings. The second-order valence-corrected chi connectivity index (χ2v) is 10.1. The Balaban J connectivity index is 1.54. The van der Waals surface area contributed by atoms with Crippen molar-refractivity contribution in [2.24, 2.45) is 7.05 Å². The van der Waals surface area contributed by atoms with Crippen LogP contribution in [0.5, 0.6) is 5.75 Å². The molecule has 10 heteroatoms. The summed E-state index contributed by atoms with van der Waals surface area (Å²) < 4.78 is 34.5. The van der Waals surface area contributed by atoms with Gasteiger partial charge in [0.2, 0.25) is 15.9 Å². The molecule has 0 fully saturated rings. The number of hydrogen-bond donors (Lipinski definition) is 2. The van der Waals surface area contributed by atoms with Crippen LogP contribution in [0.1, 0.15) is 23.2 Å². The number of hydrogen-bond acceptors (Lipinski definition) is 6. The van der Waals surface area contributed by atoms with Crippen LogP contribution < -0.4 is 15.4 Å². The molecule has 2 N–H and O–H groups in total. The summed E-state index contributed by atoms with van der Waals surface area (Å²) in [5.74, 6) is 0.343. The van der Waals surface area contributed by atoms with Crippen molar-refractivity contribution in [2.45, 2.75) is 31.7 Å². The second-order valence-electron chi connectivity index (χ2n) is 8.14. The Kier molecular flexibility index (Phi) is 7.95. The highest BCUT2D eigenvalue weighted by molar-refractivity contribution is 7.89. The highest BCUT2D eigenvalue weighted by Crippen LogP contribution is 2.27. The van der Waals surface area contributed by atoms with Gasteiger partial charge in [0, 0.05) is 44.6 Å². The third-order valence-electron chi connectivity index (χ3n) is 5.55. The summed E-state index contributed by atoms with van der Waals surface area (Å²) in [6, 6.07) is 10.7. The van der Waals surface area contributed by atoms with Gasteiger partial charge in [-0.1, -0.05) is 0 Å². The fourth-order valence-electron chi connectivity index (χ4n) is 3.61. The molecule has 0 aliphatic carbocycles. The van der Waals surface area contributed by atoms with E-state index in [2.05, 4.69) is 15.6 Å². The summed E-state index contributed by atoms with van der Waals surface area (Å²) >= 11 is 0. The van der Waals surface area contributed by atoms with Crippen molar-refractivity contribution in [3.63, 3.8) is 0 Å². The molecule has 0 atom stereocenters. The summed E-state index contributed by atoms with van der Waals surface area (Å²) in [6.07, 6.45) is 3.58. The van der Waals surface area contributed by atoms with E-state index in [1.807, 2.05) is 23.7 Å². The topological polar surface area (TPSA) is 106 Å². The number of sulfonamides is 1. The number of amides is 1. The number of benzene rings is 2. The molecule has 182 valence electrons. The molecular formula is C24H31N5O4S. The number of imidazole rings is 1. The van der Waals surface area contributed by atoms with Crippen molar-refractivity contribution in [3.05, 3.63) is 65.7 Å². The van der Waals surface area contributed by atoms with Crippen molar-refractivity contribution < 1.29 is 17.9 Å².